The second-order valence-electron chi connectivity index (χ2n) is 4.69. The predicted octanol–water partition coefficient (Wildman–Crippen LogP) is 2.44. The fraction of sp³-hybridized carbons (Fsp3) is 0.500. The zero-order valence-corrected chi connectivity index (χ0v) is 11.7. The first-order chi connectivity index (χ1) is 8.85. The van der Waals surface area contributed by atoms with Crippen molar-refractivity contribution in [3.8, 4) is 11.5 Å². The molecule has 0 unspecified atom stereocenters. The molecule has 106 valence electrons. The smallest absolute Gasteiger partial charge is 0.167 e. The molecule has 0 fully saturated rings. The Labute approximate surface area is 112 Å². The van der Waals surface area contributed by atoms with Gasteiger partial charge in [0.1, 0.15) is 17.2 Å². The lowest BCUT2D eigenvalue weighted by atomic mass is 9.94. The average Bonchev–Trinajstić information content (AvgIpc) is 2.36. The Morgan fingerprint density at radius 1 is 1.26 bits per heavy atom. The van der Waals surface area contributed by atoms with Crippen molar-refractivity contribution in [3.05, 3.63) is 23.3 Å². The molecule has 1 aromatic rings. The summed E-state index contributed by atoms with van der Waals surface area (Å²) in [5, 5.41) is 0. The summed E-state index contributed by atoms with van der Waals surface area (Å²) in [6.45, 7) is 3.06. The van der Waals surface area contributed by atoms with Crippen LogP contribution in [0.4, 0.5) is 4.39 Å². The highest BCUT2D eigenvalue weighted by Gasteiger charge is 2.27. The number of methoxy groups -OCH3 is 2. The molecule has 0 aliphatic rings. The minimum Gasteiger partial charge on any atom is -0.496 e. The van der Waals surface area contributed by atoms with E-state index in [1.165, 1.54) is 40.2 Å². The number of ether oxygens (including phenoxy) is 2. The van der Waals surface area contributed by atoms with Crippen LogP contribution in [0.5, 0.6) is 11.5 Å². The quantitative estimate of drug-likeness (QED) is 0.806. The summed E-state index contributed by atoms with van der Waals surface area (Å²) in [7, 11) is 2.90. The molecule has 0 saturated heterocycles. The lowest BCUT2D eigenvalue weighted by Crippen LogP contribution is -2.15. The van der Waals surface area contributed by atoms with Gasteiger partial charge in [-0.15, -0.1) is 0 Å². The zero-order valence-electron chi connectivity index (χ0n) is 11.7. The highest BCUT2D eigenvalue weighted by atomic mass is 19.1. The Bertz CT molecular complexity index is 466. The van der Waals surface area contributed by atoms with Crippen LogP contribution in [0, 0.1) is 0 Å². The van der Waals surface area contributed by atoms with Crippen LogP contribution < -0.4 is 15.2 Å². The number of hydrogen-bond donors (Lipinski definition) is 1. The number of benzene rings is 1. The van der Waals surface area contributed by atoms with E-state index in [2.05, 4.69) is 0 Å². The van der Waals surface area contributed by atoms with Gasteiger partial charge in [-0.3, -0.25) is 4.79 Å². The summed E-state index contributed by atoms with van der Waals surface area (Å²) in [6, 6.07) is 3.01. The van der Waals surface area contributed by atoms with Crippen LogP contribution in [0.1, 0.15) is 36.2 Å². The van der Waals surface area contributed by atoms with Crippen LogP contribution in [0.15, 0.2) is 12.1 Å². The summed E-state index contributed by atoms with van der Waals surface area (Å²) in [5.41, 5.74) is 4.41. The molecule has 0 radical (unpaired) electrons. The molecule has 0 amide bonds. The maximum Gasteiger partial charge on any atom is 0.167 e. The minimum absolute atomic E-state index is 0.174. The summed E-state index contributed by atoms with van der Waals surface area (Å²) >= 11 is 0. The average molecular weight is 269 g/mol. The Balaban J connectivity index is 3.42. The summed E-state index contributed by atoms with van der Waals surface area (Å²) in [4.78, 5) is 12.0. The fourth-order valence-corrected chi connectivity index (χ4v) is 1.85. The lowest BCUT2D eigenvalue weighted by molar-refractivity contribution is 0.0982. The zero-order chi connectivity index (χ0) is 14.6. The molecule has 1 aromatic carbocycles. The highest BCUT2D eigenvalue weighted by Crippen LogP contribution is 2.37. The Morgan fingerprint density at radius 2 is 1.84 bits per heavy atom. The Morgan fingerprint density at radius 3 is 2.26 bits per heavy atom. The molecule has 0 aliphatic heterocycles. The van der Waals surface area contributed by atoms with Gasteiger partial charge >= 0.3 is 0 Å². The first-order valence-corrected chi connectivity index (χ1v) is 6.03. The van der Waals surface area contributed by atoms with Gasteiger partial charge in [0.2, 0.25) is 0 Å². The van der Waals surface area contributed by atoms with Gasteiger partial charge < -0.3 is 15.2 Å². The third-order valence-electron chi connectivity index (χ3n) is 2.83. The van der Waals surface area contributed by atoms with Crippen LogP contribution in [-0.4, -0.2) is 26.5 Å². The normalized spacial score (nSPS) is 11.3. The van der Waals surface area contributed by atoms with Crippen LogP contribution in [0.3, 0.4) is 0 Å². The molecule has 0 bridgehead atoms. The van der Waals surface area contributed by atoms with Crippen LogP contribution in [0.2, 0.25) is 0 Å². The number of carbonyl (C=O) groups is 1. The van der Waals surface area contributed by atoms with Crippen LogP contribution in [-0.2, 0) is 5.67 Å². The number of hydrogen-bond acceptors (Lipinski definition) is 4. The SMILES string of the molecule is COc1cc(OC)c(C(C)(C)F)cc1C(=O)CCN. The highest BCUT2D eigenvalue weighted by molar-refractivity contribution is 5.99. The number of alkyl halides is 1. The van der Waals surface area contributed by atoms with E-state index < -0.39 is 5.67 Å². The van der Waals surface area contributed by atoms with Crippen molar-refractivity contribution in [1.82, 2.24) is 0 Å². The van der Waals surface area contributed by atoms with E-state index in [0.717, 1.165) is 0 Å². The maximum absolute atomic E-state index is 14.2. The van der Waals surface area contributed by atoms with Crippen molar-refractivity contribution in [2.24, 2.45) is 5.73 Å². The molecule has 4 nitrogen and oxygen atoms in total. The Hall–Kier alpha value is -1.62. The van der Waals surface area contributed by atoms with Gasteiger partial charge in [0.15, 0.2) is 5.78 Å². The summed E-state index contributed by atoms with van der Waals surface area (Å²) in [5.74, 6) is 0.546. The predicted molar refractivity (Wildman–Crippen MR) is 71.7 cm³/mol. The third kappa shape index (κ3) is 3.44. The van der Waals surface area contributed by atoms with Gasteiger partial charge in [-0.1, -0.05) is 0 Å². The summed E-state index contributed by atoms with van der Waals surface area (Å²) in [6.07, 6.45) is 0.189. The summed E-state index contributed by atoms with van der Waals surface area (Å²) < 4.78 is 24.5. The number of Topliss-reactive ketones (excluding diaryl/α,β-unsaturated/α-hetero) is 1. The monoisotopic (exact) mass is 269 g/mol. The first-order valence-electron chi connectivity index (χ1n) is 6.03. The first kappa shape index (κ1) is 15.4. The van der Waals surface area contributed by atoms with E-state index in [0.29, 0.717) is 22.6 Å². The van der Waals surface area contributed by atoms with Crippen molar-refractivity contribution >= 4 is 5.78 Å². The van der Waals surface area contributed by atoms with E-state index in [9.17, 15) is 9.18 Å². The van der Waals surface area contributed by atoms with Gasteiger partial charge in [-0.05, 0) is 26.5 Å². The molecule has 2 N–H and O–H groups in total. The number of ketones is 1. The van der Waals surface area contributed by atoms with E-state index in [4.69, 9.17) is 15.2 Å². The molecule has 0 spiro atoms. The molecule has 0 saturated carbocycles. The molecule has 0 aliphatic carbocycles. The van der Waals surface area contributed by atoms with Crippen molar-refractivity contribution in [2.75, 3.05) is 20.8 Å². The molecule has 0 atom stereocenters. The number of rotatable bonds is 6. The van der Waals surface area contributed by atoms with Gasteiger partial charge in [0.25, 0.3) is 0 Å². The minimum atomic E-state index is -1.62. The maximum atomic E-state index is 14.2. The molecule has 0 aromatic heterocycles. The standard InChI is InChI=1S/C14H20FNO3/c1-14(2,15)10-7-9(11(17)5-6-16)12(18-3)8-13(10)19-4/h7-8H,5-6,16H2,1-4H3. The fourth-order valence-electron chi connectivity index (χ4n) is 1.85. The topological polar surface area (TPSA) is 61.5 Å². The van der Waals surface area contributed by atoms with E-state index >= 15 is 0 Å². The van der Waals surface area contributed by atoms with Gasteiger partial charge in [0, 0.05) is 18.1 Å². The molecule has 1 rings (SSSR count). The van der Waals surface area contributed by atoms with Crippen LogP contribution >= 0.6 is 0 Å². The van der Waals surface area contributed by atoms with Gasteiger partial charge in [-0.2, -0.15) is 0 Å². The van der Waals surface area contributed by atoms with Crippen LogP contribution in [0.25, 0.3) is 0 Å². The van der Waals surface area contributed by atoms with Crippen molar-refractivity contribution in [3.63, 3.8) is 0 Å². The number of halogens is 1. The van der Waals surface area contributed by atoms with E-state index in [1.807, 2.05) is 0 Å². The molecular weight excluding hydrogens is 249 g/mol. The van der Waals surface area contributed by atoms with Gasteiger partial charge in [0.05, 0.1) is 19.8 Å². The van der Waals surface area contributed by atoms with Crippen molar-refractivity contribution in [1.29, 1.82) is 0 Å². The molecule has 19 heavy (non-hydrogen) atoms. The lowest BCUT2D eigenvalue weighted by Gasteiger charge is -2.20. The second-order valence-corrected chi connectivity index (χ2v) is 4.69. The van der Waals surface area contributed by atoms with E-state index in [-0.39, 0.29) is 18.7 Å². The molecule has 5 heteroatoms. The third-order valence-corrected chi connectivity index (χ3v) is 2.83. The molecule has 0 heterocycles. The molecular formula is C14H20FNO3. The Kier molecular flexibility index (Phi) is 4.89. The van der Waals surface area contributed by atoms with E-state index in [1.54, 1.807) is 0 Å². The number of carbonyl (C=O) groups excluding carboxylic acids is 1. The van der Waals surface area contributed by atoms with Gasteiger partial charge in [-0.25, -0.2) is 4.39 Å². The number of nitrogens with two attached hydrogens (primary N) is 1. The van der Waals surface area contributed by atoms with Crippen molar-refractivity contribution < 1.29 is 18.7 Å². The second kappa shape index (κ2) is 6.02. The van der Waals surface area contributed by atoms with Crippen molar-refractivity contribution in [2.45, 2.75) is 25.9 Å². The largest absolute Gasteiger partial charge is 0.496 e.